The molecule has 1 aromatic carbocycles. The van der Waals surface area contributed by atoms with Crippen LogP contribution in [0.25, 0.3) is 0 Å². The first-order valence-electron chi connectivity index (χ1n) is 9.13. The molecular weight excluding hydrogens is 338 g/mol. The van der Waals surface area contributed by atoms with Crippen molar-refractivity contribution < 1.29 is 9.53 Å². The number of anilines is 1. The Morgan fingerprint density at radius 3 is 2.40 bits per heavy atom. The molecule has 138 valence electrons. The van der Waals surface area contributed by atoms with Gasteiger partial charge in [-0.15, -0.1) is 0 Å². The molecule has 2 aliphatic heterocycles. The van der Waals surface area contributed by atoms with Gasteiger partial charge in [0, 0.05) is 50.0 Å². The average molecular weight is 366 g/mol. The van der Waals surface area contributed by atoms with E-state index in [0.717, 1.165) is 36.9 Å². The van der Waals surface area contributed by atoms with Crippen molar-refractivity contribution in [2.75, 3.05) is 44.2 Å². The third kappa shape index (κ3) is 4.46. The molecule has 0 spiro atoms. The van der Waals surface area contributed by atoms with Crippen LogP contribution < -0.4 is 4.90 Å². The highest BCUT2D eigenvalue weighted by atomic mass is 35.5. The van der Waals surface area contributed by atoms with E-state index in [2.05, 4.69) is 15.9 Å². The van der Waals surface area contributed by atoms with Gasteiger partial charge in [-0.1, -0.05) is 17.7 Å². The second-order valence-electron chi connectivity index (χ2n) is 7.18. The van der Waals surface area contributed by atoms with Crippen molar-refractivity contribution in [3.05, 3.63) is 29.3 Å². The third-order valence-corrected chi connectivity index (χ3v) is 5.36. The van der Waals surface area contributed by atoms with Gasteiger partial charge in [0.05, 0.1) is 18.2 Å². The molecular formula is C19H28ClN3O2. The number of piperazine rings is 1. The molecule has 2 fully saturated rings. The van der Waals surface area contributed by atoms with Crippen LogP contribution in [-0.2, 0) is 9.53 Å². The summed E-state index contributed by atoms with van der Waals surface area (Å²) in [7, 11) is 0. The predicted octanol–water partition coefficient (Wildman–Crippen LogP) is 2.49. The molecule has 0 unspecified atom stereocenters. The van der Waals surface area contributed by atoms with Gasteiger partial charge in [0.2, 0.25) is 5.91 Å². The lowest BCUT2D eigenvalue weighted by atomic mass is 10.1. The molecule has 0 N–H and O–H groups in total. The predicted molar refractivity (Wildman–Crippen MR) is 101 cm³/mol. The number of morpholine rings is 1. The maximum absolute atomic E-state index is 12.9. The van der Waals surface area contributed by atoms with Crippen molar-refractivity contribution in [2.24, 2.45) is 0 Å². The van der Waals surface area contributed by atoms with Crippen LogP contribution in [0.1, 0.15) is 20.8 Å². The minimum absolute atomic E-state index is 0.0842. The molecule has 3 atom stereocenters. The Bertz CT molecular complexity index is 594. The van der Waals surface area contributed by atoms with Crippen LogP contribution in [0.15, 0.2) is 24.3 Å². The number of carbonyl (C=O) groups is 1. The summed E-state index contributed by atoms with van der Waals surface area (Å²) >= 11 is 6.10. The number of ether oxygens (including phenoxy) is 1. The number of halogens is 1. The number of hydrogen-bond donors (Lipinski definition) is 0. The van der Waals surface area contributed by atoms with Crippen molar-refractivity contribution in [1.29, 1.82) is 0 Å². The smallest absolute Gasteiger partial charge is 0.239 e. The molecule has 1 aromatic rings. The molecule has 2 saturated heterocycles. The molecule has 25 heavy (non-hydrogen) atoms. The highest BCUT2D eigenvalue weighted by Crippen LogP contribution is 2.22. The fraction of sp³-hybridized carbons (Fsp3) is 0.632. The van der Waals surface area contributed by atoms with E-state index in [0.29, 0.717) is 13.1 Å². The van der Waals surface area contributed by atoms with Gasteiger partial charge in [0.1, 0.15) is 0 Å². The van der Waals surface area contributed by atoms with Crippen molar-refractivity contribution in [3.63, 3.8) is 0 Å². The second kappa shape index (κ2) is 7.94. The van der Waals surface area contributed by atoms with Gasteiger partial charge in [0.25, 0.3) is 0 Å². The van der Waals surface area contributed by atoms with Crippen molar-refractivity contribution in [3.8, 4) is 0 Å². The molecule has 2 heterocycles. The Hall–Kier alpha value is -1.30. The molecule has 0 aliphatic carbocycles. The number of rotatable bonds is 3. The maximum atomic E-state index is 12.9. The van der Waals surface area contributed by atoms with Crippen LogP contribution in [0.4, 0.5) is 5.69 Å². The number of hydrogen-bond acceptors (Lipinski definition) is 4. The molecule has 5 nitrogen and oxygen atoms in total. The van der Waals surface area contributed by atoms with E-state index in [1.165, 1.54) is 0 Å². The van der Waals surface area contributed by atoms with Gasteiger partial charge in [-0.25, -0.2) is 0 Å². The first-order valence-corrected chi connectivity index (χ1v) is 9.50. The van der Waals surface area contributed by atoms with E-state index in [-0.39, 0.29) is 24.2 Å². The summed E-state index contributed by atoms with van der Waals surface area (Å²) in [6.45, 7) is 11.1. The molecule has 0 bridgehead atoms. The van der Waals surface area contributed by atoms with E-state index in [9.17, 15) is 4.79 Å². The zero-order valence-corrected chi connectivity index (χ0v) is 16.1. The molecule has 6 heteroatoms. The second-order valence-corrected chi connectivity index (χ2v) is 7.62. The molecule has 3 rings (SSSR count). The first kappa shape index (κ1) is 18.5. The van der Waals surface area contributed by atoms with E-state index in [4.69, 9.17) is 16.3 Å². The lowest BCUT2D eigenvalue weighted by molar-refractivity contribution is -0.148. The average Bonchev–Trinajstić information content (AvgIpc) is 2.60. The molecule has 0 radical (unpaired) electrons. The fourth-order valence-corrected chi connectivity index (χ4v) is 4.00. The Kier molecular flexibility index (Phi) is 5.87. The van der Waals surface area contributed by atoms with Crippen molar-refractivity contribution in [1.82, 2.24) is 9.80 Å². The largest absolute Gasteiger partial charge is 0.372 e. The van der Waals surface area contributed by atoms with Crippen LogP contribution in [0, 0.1) is 0 Å². The maximum Gasteiger partial charge on any atom is 0.239 e. The normalized spacial score (nSPS) is 26.6. The quantitative estimate of drug-likeness (QED) is 0.824. The van der Waals surface area contributed by atoms with Crippen LogP contribution in [0.2, 0.25) is 5.02 Å². The van der Waals surface area contributed by atoms with Crippen LogP contribution in [-0.4, -0.2) is 73.2 Å². The highest BCUT2D eigenvalue weighted by Gasteiger charge is 2.32. The Morgan fingerprint density at radius 2 is 1.80 bits per heavy atom. The molecule has 0 aromatic heterocycles. The number of carbonyl (C=O) groups excluding carboxylic acids is 1. The van der Waals surface area contributed by atoms with Crippen molar-refractivity contribution >= 4 is 23.2 Å². The number of benzene rings is 1. The number of amides is 1. The number of nitrogens with zero attached hydrogens (tertiary/aromatic N) is 3. The standard InChI is InChI=1S/C19H28ClN3O2/c1-14-12-23(13-15(2)25-14)19(24)16(3)21-7-9-22(10-8-21)18-6-4-5-17(20)11-18/h4-6,11,14-16H,7-10,12-13H2,1-3H3/t14-,15-,16-/m1/s1. The van der Waals surface area contributed by atoms with Gasteiger partial charge in [-0.05, 0) is 39.0 Å². The minimum Gasteiger partial charge on any atom is -0.372 e. The van der Waals surface area contributed by atoms with Crippen LogP contribution >= 0.6 is 11.6 Å². The van der Waals surface area contributed by atoms with Gasteiger partial charge < -0.3 is 14.5 Å². The van der Waals surface area contributed by atoms with E-state index >= 15 is 0 Å². The summed E-state index contributed by atoms with van der Waals surface area (Å²) in [6.07, 6.45) is 0.221. The van der Waals surface area contributed by atoms with E-state index in [1.54, 1.807) is 0 Å². The monoisotopic (exact) mass is 365 g/mol. The Morgan fingerprint density at radius 1 is 1.16 bits per heavy atom. The lowest BCUT2D eigenvalue weighted by Crippen LogP contribution is -2.57. The summed E-state index contributed by atoms with van der Waals surface area (Å²) in [6, 6.07) is 7.89. The molecule has 0 saturated carbocycles. The van der Waals surface area contributed by atoms with Gasteiger partial charge in [0.15, 0.2) is 0 Å². The van der Waals surface area contributed by atoms with E-state index < -0.39 is 0 Å². The SMILES string of the molecule is C[C@@H]1CN(C(=O)[C@@H](C)N2CCN(c3cccc(Cl)c3)CC2)C[C@@H](C)O1. The highest BCUT2D eigenvalue weighted by molar-refractivity contribution is 6.30. The lowest BCUT2D eigenvalue weighted by Gasteiger charge is -2.42. The fourth-order valence-electron chi connectivity index (χ4n) is 3.82. The topological polar surface area (TPSA) is 36.0 Å². The zero-order chi connectivity index (χ0) is 18.0. The summed E-state index contributed by atoms with van der Waals surface area (Å²) in [5, 5.41) is 0.763. The summed E-state index contributed by atoms with van der Waals surface area (Å²) in [5.74, 6) is 0.221. The van der Waals surface area contributed by atoms with Gasteiger partial charge >= 0.3 is 0 Å². The van der Waals surface area contributed by atoms with Gasteiger partial charge in [-0.3, -0.25) is 9.69 Å². The van der Waals surface area contributed by atoms with Gasteiger partial charge in [-0.2, -0.15) is 0 Å². The van der Waals surface area contributed by atoms with Crippen LogP contribution in [0.3, 0.4) is 0 Å². The Balaban J connectivity index is 1.56. The molecule has 1 amide bonds. The summed E-state index contributed by atoms with van der Waals surface area (Å²) < 4.78 is 5.74. The Labute approximate surface area is 155 Å². The minimum atomic E-state index is -0.0842. The summed E-state index contributed by atoms with van der Waals surface area (Å²) in [5.41, 5.74) is 1.15. The van der Waals surface area contributed by atoms with E-state index in [1.807, 2.05) is 43.9 Å². The zero-order valence-electron chi connectivity index (χ0n) is 15.3. The third-order valence-electron chi connectivity index (χ3n) is 5.12. The summed E-state index contributed by atoms with van der Waals surface area (Å²) in [4.78, 5) is 19.5. The first-order chi connectivity index (χ1) is 11.9. The van der Waals surface area contributed by atoms with Crippen molar-refractivity contribution in [2.45, 2.75) is 39.0 Å². The molecule has 2 aliphatic rings. The van der Waals surface area contributed by atoms with Crippen LogP contribution in [0.5, 0.6) is 0 Å².